The zero-order valence-electron chi connectivity index (χ0n) is 14.4. The van der Waals surface area contributed by atoms with Crippen molar-refractivity contribution in [2.75, 3.05) is 12.0 Å². The molecule has 0 bridgehead atoms. The van der Waals surface area contributed by atoms with Gasteiger partial charge in [-0.25, -0.2) is 9.59 Å². The molecule has 0 aliphatic carbocycles. The van der Waals surface area contributed by atoms with Crippen molar-refractivity contribution in [2.45, 2.75) is 31.8 Å². The Labute approximate surface area is 153 Å². The fourth-order valence-electron chi connectivity index (χ4n) is 2.56. The van der Waals surface area contributed by atoms with Gasteiger partial charge in [0.2, 0.25) is 5.91 Å². The summed E-state index contributed by atoms with van der Waals surface area (Å²) in [5.41, 5.74) is -0.472. The second-order valence-corrected chi connectivity index (χ2v) is 6.76. The Morgan fingerprint density at radius 2 is 2.04 bits per heavy atom. The largest absolute Gasteiger partial charge is 0.480 e. The quantitative estimate of drug-likeness (QED) is 0.592. The van der Waals surface area contributed by atoms with Gasteiger partial charge < -0.3 is 15.4 Å². The summed E-state index contributed by atoms with van der Waals surface area (Å²) in [7, 11) is 0. The van der Waals surface area contributed by atoms with Crippen LogP contribution in [-0.2, 0) is 16.1 Å². The number of carboxylic acids is 1. The molecule has 0 saturated heterocycles. The molecular formula is C17H21N3O5S. The molecule has 9 heteroatoms. The first kappa shape index (κ1) is 19.8. The first-order chi connectivity index (χ1) is 12.4. The summed E-state index contributed by atoms with van der Waals surface area (Å²) in [6.45, 7) is 0.0783. The first-order valence-corrected chi connectivity index (χ1v) is 9.56. The number of fused-ring (bicyclic) bond motifs is 1. The van der Waals surface area contributed by atoms with Crippen molar-refractivity contribution in [3.63, 3.8) is 0 Å². The predicted molar refractivity (Wildman–Crippen MR) is 101 cm³/mol. The van der Waals surface area contributed by atoms with Crippen molar-refractivity contribution in [3.05, 3.63) is 45.1 Å². The number of rotatable bonds is 9. The number of nitrogens with one attached hydrogen (secondary N) is 2. The Morgan fingerprint density at radius 3 is 2.73 bits per heavy atom. The van der Waals surface area contributed by atoms with Crippen LogP contribution in [0, 0.1) is 0 Å². The molecule has 2 aromatic rings. The van der Waals surface area contributed by atoms with E-state index >= 15 is 0 Å². The summed E-state index contributed by atoms with van der Waals surface area (Å²) < 4.78 is 1.05. The number of carboxylic acid groups (broad SMARTS) is 1. The van der Waals surface area contributed by atoms with Crippen LogP contribution in [0.25, 0.3) is 10.9 Å². The molecule has 0 saturated carbocycles. The minimum Gasteiger partial charge on any atom is -0.480 e. The van der Waals surface area contributed by atoms with Crippen LogP contribution in [0.2, 0.25) is 0 Å². The molecule has 1 atom stereocenters. The maximum atomic E-state index is 12.4. The van der Waals surface area contributed by atoms with Crippen LogP contribution < -0.4 is 16.6 Å². The molecular weight excluding hydrogens is 358 g/mol. The molecule has 3 N–H and O–H groups in total. The first-order valence-electron chi connectivity index (χ1n) is 8.17. The molecule has 0 aliphatic rings. The molecule has 1 heterocycles. The third-order valence-corrected chi connectivity index (χ3v) is 4.56. The van der Waals surface area contributed by atoms with Crippen LogP contribution in [0.15, 0.2) is 33.9 Å². The molecule has 0 radical (unpaired) electrons. The molecule has 8 nitrogen and oxygen atoms in total. The Kier molecular flexibility index (Phi) is 7.02. The normalized spacial score (nSPS) is 12.0. The van der Waals surface area contributed by atoms with Gasteiger partial charge in [-0.15, -0.1) is 0 Å². The summed E-state index contributed by atoms with van der Waals surface area (Å²) in [6.07, 6.45) is 2.48. The number of benzene rings is 1. The molecule has 1 aromatic heterocycles. The SMILES string of the molecule is CSCCC(NC(=O)CCCn1c(=O)[nH]c2ccccc2c1=O)C(=O)O. The van der Waals surface area contributed by atoms with Crippen molar-refractivity contribution in [1.82, 2.24) is 14.9 Å². The van der Waals surface area contributed by atoms with Gasteiger partial charge in [-0.3, -0.25) is 14.2 Å². The standard InChI is InChI=1S/C17H21N3O5S/c1-26-10-8-13(16(23)24)18-14(21)7-4-9-20-15(22)11-5-2-3-6-12(11)19-17(20)25/h2-3,5-6,13H,4,7-10H2,1H3,(H,18,21)(H,19,25)(H,23,24). The number of aromatic nitrogens is 2. The lowest BCUT2D eigenvalue weighted by Crippen LogP contribution is -2.41. The van der Waals surface area contributed by atoms with Crippen molar-refractivity contribution in [1.29, 1.82) is 0 Å². The van der Waals surface area contributed by atoms with Gasteiger partial charge >= 0.3 is 11.7 Å². The van der Waals surface area contributed by atoms with Crippen molar-refractivity contribution in [3.8, 4) is 0 Å². The maximum absolute atomic E-state index is 12.4. The number of aromatic amines is 1. The molecule has 26 heavy (non-hydrogen) atoms. The highest BCUT2D eigenvalue weighted by atomic mass is 32.2. The van der Waals surface area contributed by atoms with E-state index in [1.54, 1.807) is 24.3 Å². The minimum absolute atomic E-state index is 0.0295. The zero-order chi connectivity index (χ0) is 19.1. The molecule has 140 valence electrons. The van der Waals surface area contributed by atoms with Gasteiger partial charge in [0.05, 0.1) is 10.9 Å². The monoisotopic (exact) mass is 379 g/mol. The van der Waals surface area contributed by atoms with Gasteiger partial charge in [-0.1, -0.05) is 12.1 Å². The van der Waals surface area contributed by atoms with E-state index in [-0.39, 0.29) is 19.4 Å². The number of para-hydroxylation sites is 1. The van der Waals surface area contributed by atoms with E-state index in [4.69, 9.17) is 5.11 Å². The van der Waals surface area contributed by atoms with Gasteiger partial charge in [0, 0.05) is 13.0 Å². The number of aliphatic carboxylic acids is 1. The summed E-state index contributed by atoms with van der Waals surface area (Å²) >= 11 is 1.50. The summed E-state index contributed by atoms with van der Waals surface area (Å²) in [5, 5.41) is 12.0. The maximum Gasteiger partial charge on any atom is 0.328 e. The average molecular weight is 379 g/mol. The lowest BCUT2D eigenvalue weighted by Gasteiger charge is -2.14. The van der Waals surface area contributed by atoms with Gasteiger partial charge in [-0.2, -0.15) is 11.8 Å². The highest BCUT2D eigenvalue weighted by Crippen LogP contribution is 2.04. The van der Waals surface area contributed by atoms with Gasteiger partial charge in [0.1, 0.15) is 6.04 Å². The number of hydrogen-bond donors (Lipinski definition) is 3. The Bertz CT molecular complexity index is 905. The van der Waals surface area contributed by atoms with Crippen molar-refractivity contribution in [2.24, 2.45) is 0 Å². The molecule has 1 aromatic carbocycles. The number of carbonyl (C=O) groups is 2. The van der Waals surface area contributed by atoms with E-state index in [2.05, 4.69) is 10.3 Å². The van der Waals surface area contributed by atoms with Gasteiger partial charge in [0.15, 0.2) is 0 Å². The van der Waals surface area contributed by atoms with E-state index < -0.39 is 29.2 Å². The summed E-state index contributed by atoms with van der Waals surface area (Å²) in [6, 6.07) is 5.78. The van der Waals surface area contributed by atoms with E-state index in [1.807, 2.05) is 6.26 Å². The zero-order valence-corrected chi connectivity index (χ0v) is 15.2. The van der Waals surface area contributed by atoms with Gasteiger partial charge in [0.25, 0.3) is 5.56 Å². The fraction of sp³-hybridized carbons (Fsp3) is 0.412. The predicted octanol–water partition coefficient (Wildman–Crippen LogP) is 0.793. The molecule has 1 unspecified atom stereocenters. The Balaban J connectivity index is 1.98. The number of H-pyrrole nitrogens is 1. The summed E-state index contributed by atoms with van der Waals surface area (Å²) in [5.74, 6) is -0.864. The second kappa shape index (κ2) is 9.23. The third kappa shape index (κ3) is 4.98. The highest BCUT2D eigenvalue weighted by Gasteiger charge is 2.19. The number of amides is 1. The molecule has 0 aliphatic heterocycles. The number of thioether (sulfide) groups is 1. The molecule has 1 amide bonds. The van der Waals surface area contributed by atoms with Crippen LogP contribution in [-0.4, -0.2) is 44.6 Å². The van der Waals surface area contributed by atoms with Crippen LogP contribution in [0.1, 0.15) is 19.3 Å². The van der Waals surface area contributed by atoms with Crippen LogP contribution in [0.5, 0.6) is 0 Å². The van der Waals surface area contributed by atoms with Crippen LogP contribution in [0.4, 0.5) is 0 Å². The van der Waals surface area contributed by atoms with E-state index in [0.29, 0.717) is 23.1 Å². The van der Waals surface area contributed by atoms with E-state index in [0.717, 1.165) is 4.57 Å². The smallest absolute Gasteiger partial charge is 0.328 e. The number of hydrogen-bond acceptors (Lipinski definition) is 5. The average Bonchev–Trinajstić information content (AvgIpc) is 2.61. The van der Waals surface area contributed by atoms with Gasteiger partial charge in [-0.05, 0) is 37.0 Å². The highest BCUT2D eigenvalue weighted by molar-refractivity contribution is 7.98. The minimum atomic E-state index is -1.07. The van der Waals surface area contributed by atoms with E-state index in [1.165, 1.54) is 11.8 Å². The topological polar surface area (TPSA) is 121 Å². The summed E-state index contributed by atoms with van der Waals surface area (Å²) in [4.78, 5) is 50.1. The lowest BCUT2D eigenvalue weighted by atomic mass is 10.2. The molecule has 0 spiro atoms. The Hall–Kier alpha value is -2.55. The van der Waals surface area contributed by atoms with Crippen LogP contribution in [0.3, 0.4) is 0 Å². The molecule has 2 rings (SSSR count). The Morgan fingerprint density at radius 1 is 1.31 bits per heavy atom. The van der Waals surface area contributed by atoms with Crippen molar-refractivity contribution < 1.29 is 14.7 Å². The third-order valence-electron chi connectivity index (χ3n) is 3.92. The second-order valence-electron chi connectivity index (χ2n) is 5.78. The van der Waals surface area contributed by atoms with Crippen LogP contribution >= 0.6 is 11.8 Å². The van der Waals surface area contributed by atoms with E-state index in [9.17, 15) is 19.2 Å². The van der Waals surface area contributed by atoms with Crippen molar-refractivity contribution >= 4 is 34.5 Å². The number of nitrogens with zero attached hydrogens (tertiary/aromatic N) is 1. The fourth-order valence-corrected chi connectivity index (χ4v) is 3.03. The number of carbonyl (C=O) groups excluding carboxylic acids is 1. The molecule has 0 fully saturated rings. The lowest BCUT2D eigenvalue weighted by molar-refractivity contribution is -0.141.